The van der Waals surface area contributed by atoms with E-state index < -0.39 is 0 Å². The van der Waals surface area contributed by atoms with Gasteiger partial charge >= 0.3 is 0 Å². The van der Waals surface area contributed by atoms with Crippen molar-refractivity contribution in [1.29, 1.82) is 0 Å². The van der Waals surface area contributed by atoms with E-state index in [0.717, 1.165) is 31.0 Å². The molecule has 0 N–H and O–H groups in total. The first-order chi connectivity index (χ1) is 9.42. The van der Waals surface area contributed by atoms with Crippen molar-refractivity contribution in [3.63, 3.8) is 0 Å². The van der Waals surface area contributed by atoms with Crippen LogP contribution in [-0.2, 0) is 6.42 Å². The summed E-state index contributed by atoms with van der Waals surface area (Å²) in [6.07, 6.45) is 14.1. The van der Waals surface area contributed by atoms with Crippen LogP contribution in [0.1, 0.15) is 18.5 Å². The van der Waals surface area contributed by atoms with Gasteiger partial charge in [0.25, 0.3) is 0 Å². The maximum Gasteiger partial charge on any atom is 0.147 e. The molecule has 3 rings (SSSR count). The van der Waals surface area contributed by atoms with E-state index in [1.807, 2.05) is 12.4 Å². The van der Waals surface area contributed by atoms with E-state index in [2.05, 4.69) is 24.8 Å². The molecule has 0 saturated carbocycles. The van der Waals surface area contributed by atoms with Gasteiger partial charge in [-0.2, -0.15) is 0 Å². The molecular formula is C14H17N5. The summed E-state index contributed by atoms with van der Waals surface area (Å²) in [5, 5.41) is 0. The van der Waals surface area contributed by atoms with Crippen LogP contribution in [0.5, 0.6) is 0 Å². The van der Waals surface area contributed by atoms with Crippen LogP contribution in [0.4, 0.5) is 5.82 Å². The van der Waals surface area contributed by atoms with E-state index >= 15 is 0 Å². The zero-order valence-electron chi connectivity index (χ0n) is 10.8. The average Bonchev–Trinajstić information content (AvgIpc) is 2.49. The molecule has 0 amide bonds. The largest absolute Gasteiger partial charge is 0.355 e. The summed E-state index contributed by atoms with van der Waals surface area (Å²) < 4.78 is 0. The summed E-state index contributed by atoms with van der Waals surface area (Å²) in [4.78, 5) is 19.3. The lowest BCUT2D eigenvalue weighted by molar-refractivity contribution is 0.407. The zero-order chi connectivity index (χ0) is 12.9. The maximum absolute atomic E-state index is 4.38. The lowest BCUT2D eigenvalue weighted by Gasteiger charge is -2.33. The van der Waals surface area contributed by atoms with Crippen LogP contribution in [-0.4, -0.2) is 33.0 Å². The predicted molar refractivity (Wildman–Crippen MR) is 72.7 cm³/mol. The summed E-state index contributed by atoms with van der Waals surface area (Å²) in [6.45, 7) is 2.09. The highest BCUT2D eigenvalue weighted by molar-refractivity contribution is 5.35. The van der Waals surface area contributed by atoms with Gasteiger partial charge in [-0.25, -0.2) is 4.98 Å². The minimum atomic E-state index is 0.618. The molecule has 5 heteroatoms. The summed E-state index contributed by atoms with van der Waals surface area (Å²) >= 11 is 0. The highest BCUT2D eigenvalue weighted by atomic mass is 15.2. The van der Waals surface area contributed by atoms with Gasteiger partial charge < -0.3 is 4.90 Å². The molecule has 2 aromatic rings. The van der Waals surface area contributed by atoms with Crippen molar-refractivity contribution in [3.8, 4) is 0 Å². The number of hydrogen-bond acceptors (Lipinski definition) is 5. The van der Waals surface area contributed by atoms with Gasteiger partial charge in [-0.1, -0.05) is 0 Å². The minimum absolute atomic E-state index is 0.618. The van der Waals surface area contributed by atoms with Gasteiger partial charge in [0, 0.05) is 44.1 Å². The lowest BCUT2D eigenvalue weighted by Crippen LogP contribution is -2.36. The first-order valence-electron chi connectivity index (χ1n) is 6.67. The molecule has 19 heavy (non-hydrogen) atoms. The molecule has 0 spiro atoms. The average molecular weight is 255 g/mol. The second-order valence-corrected chi connectivity index (χ2v) is 4.92. The molecule has 98 valence electrons. The maximum atomic E-state index is 4.38. The molecule has 0 bridgehead atoms. The molecule has 0 aliphatic carbocycles. The Labute approximate surface area is 112 Å². The first kappa shape index (κ1) is 12.0. The molecule has 1 atom stereocenters. The van der Waals surface area contributed by atoms with Crippen LogP contribution in [0.25, 0.3) is 0 Å². The molecule has 1 saturated heterocycles. The monoisotopic (exact) mass is 255 g/mol. The molecule has 3 heterocycles. The van der Waals surface area contributed by atoms with E-state index in [1.54, 1.807) is 24.8 Å². The smallest absolute Gasteiger partial charge is 0.147 e. The highest BCUT2D eigenvalue weighted by Crippen LogP contribution is 2.23. The number of piperidine rings is 1. The topological polar surface area (TPSA) is 54.8 Å². The van der Waals surface area contributed by atoms with Crippen molar-refractivity contribution in [2.45, 2.75) is 19.3 Å². The summed E-state index contributed by atoms with van der Waals surface area (Å²) in [5.74, 6) is 1.60. The fourth-order valence-corrected chi connectivity index (χ4v) is 2.63. The molecule has 1 fully saturated rings. The number of rotatable bonds is 3. The van der Waals surface area contributed by atoms with Gasteiger partial charge in [0.05, 0.1) is 11.9 Å². The second kappa shape index (κ2) is 5.73. The molecule has 0 aromatic carbocycles. The SMILES string of the molecule is c1cnc(C[C@H]2CCCN(c3cnccn3)C2)cn1. The van der Waals surface area contributed by atoms with Crippen LogP contribution in [0, 0.1) is 5.92 Å². The zero-order valence-corrected chi connectivity index (χ0v) is 10.8. The highest BCUT2D eigenvalue weighted by Gasteiger charge is 2.21. The fraction of sp³-hybridized carbons (Fsp3) is 0.429. The van der Waals surface area contributed by atoms with E-state index in [4.69, 9.17) is 0 Å². The molecule has 0 radical (unpaired) electrons. The second-order valence-electron chi connectivity index (χ2n) is 4.92. The summed E-state index contributed by atoms with van der Waals surface area (Å²) in [6, 6.07) is 0. The number of hydrogen-bond donors (Lipinski definition) is 0. The van der Waals surface area contributed by atoms with Crippen LogP contribution < -0.4 is 4.90 Å². The molecule has 1 aliphatic rings. The van der Waals surface area contributed by atoms with Crippen molar-refractivity contribution < 1.29 is 0 Å². The standard InChI is InChI=1S/C14H17N5/c1-2-12(8-13-9-15-3-5-17-13)11-19(7-1)14-10-16-4-6-18-14/h3-6,9-10,12H,1-2,7-8,11H2/t12-/m1/s1. The van der Waals surface area contributed by atoms with Gasteiger partial charge in [0.1, 0.15) is 5.82 Å². The lowest BCUT2D eigenvalue weighted by atomic mass is 9.93. The van der Waals surface area contributed by atoms with Crippen molar-refractivity contribution in [2.24, 2.45) is 5.92 Å². The van der Waals surface area contributed by atoms with Crippen molar-refractivity contribution in [3.05, 3.63) is 42.9 Å². The third-order valence-corrected chi connectivity index (χ3v) is 3.51. The van der Waals surface area contributed by atoms with Gasteiger partial charge in [-0.15, -0.1) is 0 Å². The number of aromatic nitrogens is 4. The Hall–Kier alpha value is -2.04. The Balaban J connectivity index is 1.65. The minimum Gasteiger partial charge on any atom is -0.355 e. The van der Waals surface area contributed by atoms with Gasteiger partial charge in [0.2, 0.25) is 0 Å². The van der Waals surface area contributed by atoms with Crippen LogP contribution in [0.2, 0.25) is 0 Å². The van der Waals surface area contributed by atoms with E-state index in [-0.39, 0.29) is 0 Å². The van der Waals surface area contributed by atoms with Gasteiger partial charge in [-0.3, -0.25) is 15.0 Å². The molecule has 0 unspecified atom stereocenters. The Morgan fingerprint density at radius 3 is 2.63 bits per heavy atom. The van der Waals surface area contributed by atoms with Gasteiger partial charge in [-0.05, 0) is 25.2 Å². The normalized spacial score (nSPS) is 19.4. The Morgan fingerprint density at radius 1 is 1.05 bits per heavy atom. The Bertz CT molecular complexity index is 502. The quantitative estimate of drug-likeness (QED) is 0.836. The fourth-order valence-electron chi connectivity index (χ4n) is 2.63. The molecule has 2 aromatic heterocycles. The van der Waals surface area contributed by atoms with Crippen LogP contribution in [0.3, 0.4) is 0 Å². The third kappa shape index (κ3) is 3.05. The first-order valence-corrected chi connectivity index (χ1v) is 6.67. The van der Waals surface area contributed by atoms with Crippen molar-refractivity contribution in [2.75, 3.05) is 18.0 Å². The van der Waals surface area contributed by atoms with Crippen molar-refractivity contribution in [1.82, 2.24) is 19.9 Å². The molecule has 5 nitrogen and oxygen atoms in total. The van der Waals surface area contributed by atoms with Crippen LogP contribution >= 0.6 is 0 Å². The Kier molecular flexibility index (Phi) is 3.63. The summed E-state index contributed by atoms with van der Waals surface area (Å²) in [7, 11) is 0. The third-order valence-electron chi connectivity index (χ3n) is 3.51. The van der Waals surface area contributed by atoms with E-state index in [0.29, 0.717) is 5.92 Å². The Morgan fingerprint density at radius 2 is 1.89 bits per heavy atom. The number of nitrogens with zero attached hydrogens (tertiary/aromatic N) is 5. The van der Waals surface area contributed by atoms with Crippen LogP contribution in [0.15, 0.2) is 37.2 Å². The molecule has 1 aliphatic heterocycles. The van der Waals surface area contributed by atoms with Gasteiger partial charge in [0.15, 0.2) is 0 Å². The summed E-state index contributed by atoms with van der Waals surface area (Å²) in [5.41, 5.74) is 1.08. The molecular weight excluding hydrogens is 238 g/mol. The van der Waals surface area contributed by atoms with Crippen molar-refractivity contribution >= 4 is 5.82 Å². The number of anilines is 1. The predicted octanol–water partition coefficient (Wildman–Crippen LogP) is 1.73. The van der Waals surface area contributed by atoms with E-state index in [9.17, 15) is 0 Å². The van der Waals surface area contributed by atoms with E-state index in [1.165, 1.54) is 12.8 Å².